The number of amides is 2. The zero-order valence-electron chi connectivity index (χ0n) is 20.4. The van der Waals surface area contributed by atoms with Crippen LogP contribution in [0.15, 0.2) is 17.2 Å². The van der Waals surface area contributed by atoms with Gasteiger partial charge in [-0.1, -0.05) is 41.5 Å². The highest BCUT2D eigenvalue weighted by atomic mass is 32.2. The summed E-state index contributed by atoms with van der Waals surface area (Å²) >= 11 is 0. The summed E-state index contributed by atoms with van der Waals surface area (Å²) in [6.07, 6.45) is 1.13. The average molecular weight is 500 g/mol. The van der Waals surface area contributed by atoms with Gasteiger partial charge in [0.1, 0.15) is 5.69 Å². The molecule has 0 fully saturated rings. The Kier molecular flexibility index (Phi) is 6.68. The van der Waals surface area contributed by atoms with Crippen molar-refractivity contribution in [3.05, 3.63) is 29.2 Å². The molecule has 0 aliphatic carbocycles. The van der Waals surface area contributed by atoms with Crippen LogP contribution in [0.25, 0.3) is 0 Å². The molecule has 0 atom stereocenters. The molecule has 0 saturated carbocycles. The Balaban J connectivity index is 1.92. The van der Waals surface area contributed by atoms with E-state index in [2.05, 4.69) is 15.4 Å². The van der Waals surface area contributed by atoms with Gasteiger partial charge in [-0.15, -0.1) is 0 Å². The van der Waals surface area contributed by atoms with Crippen molar-refractivity contribution in [2.75, 3.05) is 11.9 Å². The van der Waals surface area contributed by atoms with Crippen LogP contribution in [0.1, 0.15) is 77.3 Å². The maximum absolute atomic E-state index is 14.0. The number of alkyl halides is 2. The zero-order chi connectivity index (χ0) is 25.6. The number of anilines is 1. The second kappa shape index (κ2) is 8.79. The number of halogens is 2. The first-order valence-corrected chi connectivity index (χ1v) is 12.5. The molecule has 2 aromatic rings. The van der Waals surface area contributed by atoms with Crippen molar-refractivity contribution >= 4 is 21.7 Å². The van der Waals surface area contributed by atoms with E-state index in [1.54, 1.807) is 27.7 Å². The minimum absolute atomic E-state index is 0.0570. The van der Waals surface area contributed by atoms with E-state index in [9.17, 15) is 22.0 Å². The van der Waals surface area contributed by atoms with E-state index in [1.807, 2.05) is 18.6 Å². The molecule has 188 valence electrons. The van der Waals surface area contributed by atoms with E-state index < -0.39 is 27.7 Å². The summed E-state index contributed by atoms with van der Waals surface area (Å²) in [5.41, 5.74) is 0.241. The average Bonchev–Trinajstić information content (AvgIpc) is 3.08. The minimum Gasteiger partial charge on any atom is -0.476 e. The molecule has 2 aromatic heterocycles. The number of hydrogen-bond acceptors (Lipinski definition) is 6. The van der Waals surface area contributed by atoms with Crippen molar-refractivity contribution in [1.29, 1.82) is 0 Å². The summed E-state index contributed by atoms with van der Waals surface area (Å²) in [6, 6.07) is 0.197. The van der Waals surface area contributed by atoms with E-state index in [0.29, 0.717) is 18.7 Å². The number of carbonyl (C=O) groups is 1. The molecular weight excluding hydrogens is 468 g/mol. The summed E-state index contributed by atoms with van der Waals surface area (Å²) in [5, 5.41) is 6.60. The molecule has 2 N–H and O–H groups in total. The molecule has 3 rings (SSSR count). The lowest BCUT2D eigenvalue weighted by Gasteiger charge is -2.30. The van der Waals surface area contributed by atoms with Crippen LogP contribution < -0.4 is 14.8 Å². The van der Waals surface area contributed by atoms with Gasteiger partial charge in [-0.05, 0) is 23.5 Å². The molecule has 0 spiro atoms. The SMILES string of the molecule is CC(C)c1cc(C(C)(F)F)nc(C(C)C)c1NC(=O)NS(=O)(=O)c1cnn2c1OCC(C)(C)C2. The molecule has 2 amide bonds. The highest BCUT2D eigenvalue weighted by Crippen LogP contribution is 2.37. The molecule has 0 saturated heterocycles. The molecule has 0 aromatic carbocycles. The molecule has 0 unspecified atom stereocenters. The number of nitrogens with one attached hydrogen (secondary N) is 2. The molecule has 1 aliphatic rings. The fraction of sp³-hybridized carbons (Fsp3) is 0.591. The molecule has 1 aliphatic heterocycles. The summed E-state index contributed by atoms with van der Waals surface area (Å²) in [5.74, 6) is -3.67. The lowest BCUT2D eigenvalue weighted by molar-refractivity contribution is 0.0124. The molecule has 0 bridgehead atoms. The summed E-state index contributed by atoms with van der Waals surface area (Å²) < 4.78 is 63.0. The molecular formula is C22H31F2N5O4S. The van der Waals surface area contributed by atoms with Gasteiger partial charge in [0.2, 0.25) is 5.88 Å². The van der Waals surface area contributed by atoms with Crippen molar-refractivity contribution in [2.45, 2.75) is 77.7 Å². The van der Waals surface area contributed by atoms with Crippen molar-refractivity contribution in [1.82, 2.24) is 19.5 Å². The first kappa shape index (κ1) is 25.9. The van der Waals surface area contributed by atoms with Gasteiger partial charge in [0, 0.05) is 12.3 Å². The van der Waals surface area contributed by atoms with Crippen LogP contribution in [-0.2, 0) is 22.5 Å². The van der Waals surface area contributed by atoms with Crippen LogP contribution in [0.5, 0.6) is 5.88 Å². The van der Waals surface area contributed by atoms with E-state index in [1.165, 1.54) is 10.7 Å². The van der Waals surface area contributed by atoms with Crippen molar-refractivity contribution < 1.29 is 26.7 Å². The number of aromatic nitrogens is 3. The fourth-order valence-corrected chi connectivity index (χ4v) is 4.64. The lowest BCUT2D eigenvalue weighted by Crippen LogP contribution is -2.36. The first-order valence-electron chi connectivity index (χ1n) is 11.0. The quantitative estimate of drug-likeness (QED) is 0.602. The number of fused-ring (bicyclic) bond motifs is 1. The molecule has 0 radical (unpaired) electrons. The third kappa shape index (κ3) is 5.31. The van der Waals surface area contributed by atoms with Gasteiger partial charge < -0.3 is 10.1 Å². The molecule has 34 heavy (non-hydrogen) atoms. The Morgan fingerprint density at radius 3 is 2.44 bits per heavy atom. The van der Waals surface area contributed by atoms with Crippen molar-refractivity contribution in [2.24, 2.45) is 5.41 Å². The van der Waals surface area contributed by atoms with Crippen LogP contribution >= 0.6 is 0 Å². The van der Waals surface area contributed by atoms with Gasteiger partial charge in [-0.25, -0.2) is 27.6 Å². The second-order valence-electron chi connectivity index (χ2n) is 10.0. The summed E-state index contributed by atoms with van der Waals surface area (Å²) in [4.78, 5) is 16.6. The lowest BCUT2D eigenvalue weighted by atomic mass is 9.94. The van der Waals surface area contributed by atoms with Crippen LogP contribution in [-0.4, -0.2) is 35.8 Å². The highest BCUT2D eigenvalue weighted by molar-refractivity contribution is 7.90. The number of carbonyl (C=O) groups excluding carboxylic acids is 1. The van der Waals surface area contributed by atoms with Gasteiger partial charge in [-0.3, -0.25) is 0 Å². The smallest absolute Gasteiger partial charge is 0.333 e. The van der Waals surface area contributed by atoms with Crippen molar-refractivity contribution in [3.8, 4) is 5.88 Å². The van der Waals surface area contributed by atoms with E-state index in [0.717, 1.165) is 13.1 Å². The zero-order valence-corrected chi connectivity index (χ0v) is 21.2. The molecule has 12 heteroatoms. The number of nitrogens with zero attached hydrogens (tertiary/aromatic N) is 3. The Labute approximate surface area is 198 Å². The Hall–Kier alpha value is -2.76. The van der Waals surface area contributed by atoms with Crippen LogP contribution in [0.2, 0.25) is 0 Å². The topological polar surface area (TPSA) is 115 Å². The predicted molar refractivity (Wildman–Crippen MR) is 123 cm³/mol. The Bertz CT molecular complexity index is 1170. The van der Waals surface area contributed by atoms with Gasteiger partial charge >= 0.3 is 6.03 Å². The number of pyridine rings is 1. The number of hydrogen-bond donors (Lipinski definition) is 2. The highest BCUT2D eigenvalue weighted by Gasteiger charge is 2.35. The maximum atomic E-state index is 14.0. The first-order chi connectivity index (χ1) is 15.5. The number of urea groups is 1. The van der Waals surface area contributed by atoms with Gasteiger partial charge in [0.25, 0.3) is 15.9 Å². The number of ether oxygens (including phenoxy) is 1. The normalized spacial score (nSPS) is 15.7. The second-order valence-corrected chi connectivity index (χ2v) is 11.7. The number of rotatable bonds is 6. The molecule has 3 heterocycles. The third-order valence-electron chi connectivity index (χ3n) is 5.39. The third-order valence-corrected chi connectivity index (χ3v) is 6.70. The van der Waals surface area contributed by atoms with E-state index in [4.69, 9.17) is 4.74 Å². The molecule has 9 nitrogen and oxygen atoms in total. The van der Waals surface area contributed by atoms with Gasteiger partial charge in [0.15, 0.2) is 4.90 Å². The fourth-order valence-electron chi connectivity index (χ4n) is 3.65. The monoisotopic (exact) mass is 499 g/mol. The summed E-state index contributed by atoms with van der Waals surface area (Å²) in [7, 11) is -4.32. The van der Waals surface area contributed by atoms with Crippen LogP contribution in [0.4, 0.5) is 19.3 Å². The maximum Gasteiger partial charge on any atom is 0.333 e. The van der Waals surface area contributed by atoms with Gasteiger partial charge in [0.05, 0.1) is 30.7 Å². The Morgan fingerprint density at radius 1 is 1.24 bits per heavy atom. The standard InChI is InChI=1S/C22H31F2N5O4S/c1-12(2)14-8-16(22(7,23)24)26-17(13(3)4)18(14)27-20(30)28-34(31,32)15-9-25-29-10-21(5,6)11-33-19(15)29/h8-9,12-13H,10-11H2,1-7H3,(H2,27,28,30). The van der Waals surface area contributed by atoms with Crippen LogP contribution in [0, 0.1) is 5.41 Å². The minimum atomic E-state index is -4.32. The Morgan fingerprint density at radius 2 is 1.88 bits per heavy atom. The van der Waals surface area contributed by atoms with E-state index >= 15 is 0 Å². The number of sulfonamides is 1. The van der Waals surface area contributed by atoms with Gasteiger partial charge in [-0.2, -0.15) is 13.9 Å². The van der Waals surface area contributed by atoms with E-state index in [-0.39, 0.29) is 39.4 Å². The largest absolute Gasteiger partial charge is 0.476 e. The summed E-state index contributed by atoms with van der Waals surface area (Å²) in [6.45, 7) is 12.5. The van der Waals surface area contributed by atoms with Crippen molar-refractivity contribution in [3.63, 3.8) is 0 Å². The predicted octanol–water partition coefficient (Wildman–Crippen LogP) is 4.57. The van der Waals surface area contributed by atoms with Crippen LogP contribution in [0.3, 0.4) is 0 Å².